The summed E-state index contributed by atoms with van der Waals surface area (Å²) in [6.45, 7) is 5.40. The monoisotopic (exact) mass is 536 g/mol. The number of aliphatic hydroxyl groups excluding tert-OH is 2. The van der Waals surface area contributed by atoms with Gasteiger partial charge >= 0.3 is 0 Å². The van der Waals surface area contributed by atoms with Crippen LogP contribution in [0.4, 0.5) is 0 Å². The second kappa shape index (κ2) is 32.6. The molecule has 2 unspecified atom stereocenters. The van der Waals surface area contributed by atoms with E-state index < -0.39 is 6.10 Å². The number of unbranched alkanes of at least 4 members (excludes halogenated alkanes) is 22. The number of aliphatic hydroxyl groups is 2. The van der Waals surface area contributed by atoms with Crippen LogP contribution in [0.2, 0.25) is 0 Å². The molecule has 0 rings (SSSR count). The van der Waals surface area contributed by atoms with Crippen LogP contribution in [0.5, 0.6) is 0 Å². The Morgan fingerprint density at radius 1 is 0.500 bits per heavy atom. The Morgan fingerprint density at radius 3 is 1.29 bits per heavy atom. The van der Waals surface area contributed by atoms with Crippen molar-refractivity contribution < 1.29 is 10.2 Å². The van der Waals surface area contributed by atoms with Gasteiger partial charge in [0.1, 0.15) is 0 Å². The lowest BCUT2D eigenvalue weighted by Gasteiger charge is -2.19. The minimum Gasteiger partial charge on any atom is -0.395 e. The molecule has 0 aliphatic rings. The third-order valence-corrected chi connectivity index (χ3v) is 7.76. The third-order valence-electron chi connectivity index (χ3n) is 7.76. The van der Waals surface area contributed by atoms with E-state index in [1.807, 2.05) is 6.08 Å². The first-order valence-corrected chi connectivity index (χ1v) is 17.1. The van der Waals surface area contributed by atoms with Crippen molar-refractivity contribution in [1.29, 1.82) is 0 Å². The molecule has 3 nitrogen and oxygen atoms in total. The van der Waals surface area contributed by atoms with Crippen molar-refractivity contribution in [3.63, 3.8) is 0 Å². The van der Waals surface area contributed by atoms with Crippen molar-refractivity contribution in [3.05, 3.63) is 24.3 Å². The molecule has 0 aliphatic heterocycles. The molecule has 0 aromatic heterocycles. The van der Waals surface area contributed by atoms with Gasteiger partial charge in [-0.1, -0.05) is 154 Å². The van der Waals surface area contributed by atoms with Crippen LogP contribution in [0.3, 0.4) is 0 Å². The van der Waals surface area contributed by atoms with Gasteiger partial charge in [0.25, 0.3) is 0 Å². The largest absolute Gasteiger partial charge is 0.395 e. The van der Waals surface area contributed by atoms with Gasteiger partial charge in [-0.15, -0.1) is 0 Å². The zero-order valence-corrected chi connectivity index (χ0v) is 26.0. The molecular weight excluding hydrogens is 466 g/mol. The predicted molar refractivity (Wildman–Crippen MR) is 170 cm³/mol. The fourth-order valence-electron chi connectivity index (χ4n) is 5.07. The fourth-order valence-corrected chi connectivity index (χ4v) is 5.07. The Hall–Kier alpha value is -0.640. The zero-order chi connectivity index (χ0) is 27.8. The third kappa shape index (κ3) is 28.4. The van der Waals surface area contributed by atoms with E-state index in [4.69, 9.17) is 0 Å². The number of hydrogen-bond donors (Lipinski definition) is 3. The van der Waals surface area contributed by atoms with Crippen molar-refractivity contribution in [2.45, 2.75) is 187 Å². The number of hydrogen-bond acceptors (Lipinski definition) is 3. The molecule has 0 aliphatic carbocycles. The summed E-state index contributed by atoms with van der Waals surface area (Å²) in [6, 6.07) is -0.250. The molecule has 2 atom stereocenters. The van der Waals surface area contributed by atoms with Gasteiger partial charge in [-0.05, 0) is 51.5 Å². The van der Waals surface area contributed by atoms with E-state index in [0.29, 0.717) is 0 Å². The molecule has 0 spiro atoms. The van der Waals surface area contributed by atoms with Crippen molar-refractivity contribution in [2.24, 2.45) is 0 Å². The van der Waals surface area contributed by atoms with Gasteiger partial charge in [-0.3, -0.25) is 0 Å². The van der Waals surface area contributed by atoms with Crippen LogP contribution < -0.4 is 5.32 Å². The normalized spacial score (nSPS) is 13.7. The van der Waals surface area contributed by atoms with Gasteiger partial charge in [0, 0.05) is 0 Å². The highest BCUT2D eigenvalue weighted by molar-refractivity contribution is 4.94. The number of nitrogens with one attached hydrogen (secondary N) is 1. The summed E-state index contributed by atoms with van der Waals surface area (Å²) in [7, 11) is 0. The van der Waals surface area contributed by atoms with Gasteiger partial charge in [0.2, 0.25) is 0 Å². The highest BCUT2D eigenvalue weighted by Gasteiger charge is 2.14. The van der Waals surface area contributed by atoms with Crippen molar-refractivity contribution in [3.8, 4) is 0 Å². The lowest BCUT2D eigenvalue weighted by Crippen LogP contribution is -2.42. The summed E-state index contributed by atoms with van der Waals surface area (Å²) >= 11 is 0. The average Bonchev–Trinajstić information content (AvgIpc) is 2.93. The molecule has 0 heterocycles. The molecule has 0 aromatic carbocycles. The second-order valence-electron chi connectivity index (χ2n) is 11.6. The van der Waals surface area contributed by atoms with Crippen LogP contribution in [-0.2, 0) is 0 Å². The van der Waals surface area contributed by atoms with Crippen LogP contribution in [0.1, 0.15) is 174 Å². The highest BCUT2D eigenvalue weighted by atomic mass is 16.3. The lowest BCUT2D eigenvalue weighted by atomic mass is 10.0. The van der Waals surface area contributed by atoms with Gasteiger partial charge in [-0.2, -0.15) is 0 Å². The maximum absolute atomic E-state index is 10.4. The van der Waals surface area contributed by atoms with E-state index in [0.717, 1.165) is 19.4 Å². The van der Waals surface area contributed by atoms with Crippen molar-refractivity contribution in [2.75, 3.05) is 13.2 Å². The summed E-state index contributed by atoms with van der Waals surface area (Å²) in [6.07, 6.45) is 41.1. The summed E-state index contributed by atoms with van der Waals surface area (Å²) in [4.78, 5) is 0. The first kappa shape index (κ1) is 37.4. The van der Waals surface area contributed by atoms with Crippen LogP contribution in [0.15, 0.2) is 24.3 Å². The molecular formula is C35H69NO2. The fraction of sp³-hybridized carbons (Fsp3) is 0.886. The number of rotatable bonds is 31. The molecule has 3 N–H and O–H groups in total. The Morgan fingerprint density at radius 2 is 0.868 bits per heavy atom. The average molecular weight is 536 g/mol. The molecule has 3 heteroatoms. The predicted octanol–water partition coefficient (Wildman–Crippen LogP) is 10.2. The van der Waals surface area contributed by atoms with Crippen LogP contribution in [0, 0.1) is 0 Å². The molecule has 38 heavy (non-hydrogen) atoms. The van der Waals surface area contributed by atoms with Crippen LogP contribution >= 0.6 is 0 Å². The maximum Gasteiger partial charge on any atom is 0.0896 e. The molecule has 226 valence electrons. The minimum atomic E-state index is -0.601. The Balaban J connectivity index is 3.52. The first-order valence-electron chi connectivity index (χ1n) is 17.1. The Labute approximate surface area is 239 Å². The molecule has 0 bridgehead atoms. The van der Waals surface area contributed by atoms with E-state index in [-0.39, 0.29) is 12.6 Å². The SMILES string of the molecule is CCCCCCCCC=CCCCCCCCNC(CO)C(O)C=CCCCCCCCCCCCCC. The van der Waals surface area contributed by atoms with E-state index in [1.54, 1.807) is 0 Å². The van der Waals surface area contributed by atoms with Crippen LogP contribution in [0.25, 0.3) is 0 Å². The minimum absolute atomic E-state index is 0.0188. The lowest BCUT2D eigenvalue weighted by molar-refractivity contribution is 0.123. The molecule has 0 saturated heterocycles. The van der Waals surface area contributed by atoms with Gasteiger partial charge in [0.15, 0.2) is 0 Å². The molecule has 0 aromatic rings. The Bertz CT molecular complexity index is 490. The summed E-state index contributed by atoms with van der Waals surface area (Å²) in [5.74, 6) is 0. The molecule has 0 saturated carbocycles. The van der Waals surface area contributed by atoms with E-state index in [1.165, 1.54) is 148 Å². The number of allylic oxidation sites excluding steroid dienone is 3. The van der Waals surface area contributed by atoms with E-state index in [9.17, 15) is 10.2 Å². The standard InChI is InChI=1S/C35H69NO2/c1-3-5-7-9-11-13-15-17-18-20-22-24-26-28-30-32-36-34(33-37)35(38)31-29-27-25-23-21-19-16-14-12-10-8-6-4-2/h17-18,29,31,34-38H,3-16,19-28,30,32-33H2,1-2H3. The zero-order valence-electron chi connectivity index (χ0n) is 26.0. The van der Waals surface area contributed by atoms with E-state index >= 15 is 0 Å². The quantitative estimate of drug-likeness (QED) is 0.0611. The molecule has 0 radical (unpaired) electrons. The molecule has 0 fully saturated rings. The van der Waals surface area contributed by atoms with Gasteiger partial charge in [0.05, 0.1) is 18.8 Å². The molecule has 0 amide bonds. The first-order chi connectivity index (χ1) is 18.8. The topological polar surface area (TPSA) is 52.5 Å². The summed E-state index contributed by atoms with van der Waals surface area (Å²) in [5, 5.41) is 23.4. The summed E-state index contributed by atoms with van der Waals surface area (Å²) in [5.41, 5.74) is 0. The van der Waals surface area contributed by atoms with Gasteiger partial charge in [-0.25, -0.2) is 0 Å². The van der Waals surface area contributed by atoms with Crippen molar-refractivity contribution in [1.82, 2.24) is 5.32 Å². The maximum atomic E-state index is 10.4. The second-order valence-corrected chi connectivity index (χ2v) is 11.6. The Kier molecular flexibility index (Phi) is 32.0. The van der Waals surface area contributed by atoms with Gasteiger partial charge < -0.3 is 15.5 Å². The smallest absolute Gasteiger partial charge is 0.0896 e. The highest BCUT2D eigenvalue weighted by Crippen LogP contribution is 2.13. The summed E-state index contributed by atoms with van der Waals surface area (Å²) < 4.78 is 0. The van der Waals surface area contributed by atoms with Crippen molar-refractivity contribution >= 4 is 0 Å². The van der Waals surface area contributed by atoms with E-state index in [2.05, 4.69) is 37.4 Å². The van der Waals surface area contributed by atoms with Crippen LogP contribution in [-0.4, -0.2) is 35.5 Å².